The molecule has 4 aromatic carbocycles. The molecule has 5 heterocycles. The molecule has 22 nitrogen and oxygen atoms in total. The highest BCUT2D eigenvalue weighted by Gasteiger charge is 2.49. The van der Waals surface area contributed by atoms with E-state index in [-0.39, 0.29) is 81.0 Å². The van der Waals surface area contributed by atoms with Crippen LogP contribution in [0.2, 0.25) is 0 Å². The summed E-state index contributed by atoms with van der Waals surface area (Å²) < 4.78 is 60.9. The van der Waals surface area contributed by atoms with Crippen molar-refractivity contribution < 1.29 is 70.8 Å². The van der Waals surface area contributed by atoms with Crippen molar-refractivity contribution in [3.8, 4) is 0 Å². The number of carboxylic acid groups (broad SMARTS) is 1. The molecular formula is C64H79F3N10O12. The molecule has 3 fully saturated rings. The summed E-state index contributed by atoms with van der Waals surface area (Å²) >= 11 is 0. The zero-order valence-electron chi connectivity index (χ0n) is 51.4. The summed E-state index contributed by atoms with van der Waals surface area (Å²) in [6, 6.07) is 14.5. The van der Waals surface area contributed by atoms with Crippen LogP contribution in [0.1, 0.15) is 95.2 Å². The lowest BCUT2D eigenvalue weighted by atomic mass is 9.83. The number of nitrogens with zero attached hydrogens (tertiary/aromatic N) is 6. The number of rotatable bonds is 17. The highest BCUT2D eigenvalue weighted by molar-refractivity contribution is 6.05. The van der Waals surface area contributed by atoms with Crippen LogP contribution in [0.5, 0.6) is 0 Å². The number of halogens is 3. The Kier molecular flexibility index (Phi) is 20.0. The van der Waals surface area contributed by atoms with Gasteiger partial charge in [0, 0.05) is 89.0 Å². The Morgan fingerprint density at radius 3 is 2.20 bits per heavy atom. The Labute approximate surface area is 515 Å². The normalized spacial score (nSPS) is 22.1. The van der Waals surface area contributed by atoms with Gasteiger partial charge in [0.15, 0.2) is 0 Å². The number of amides is 8. The topological polar surface area (TPSA) is 252 Å². The average molecular weight is 1240 g/mol. The van der Waals surface area contributed by atoms with Crippen LogP contribution in [0.15, 0.2) is 78.9 Å². The van der Waals surface area contributed by atoms with Crippen molar-refractivity contribution in [2.45, 2.75) is 122 Å². The number of ether oxygens (including phenoxy) is 3. The first-order chi connectivity index (χ1) is 42.2. The van der Waals surface area contributed by atoms with E-state index in [0.717, 1.165) is 34.2 Å². The minimum Gasteiger partial charge on any atom is -0.465 e. The minimum absolute atomic E-state index is 0.0701. The van der Waals surface area contributed by atoms with Gasteiger partial charge in [0.2, 0.25) is 29.5 Å². The van der Waals surface area contributed by atoms with Crippen molar-refractivity contribution in [3.05, 3.63) is 124 Å². The van der Waals surface area contributed by atoms with E-state index in [2.05, 4.69) is 26.2 Å². The van der Waals surface area contributed by atoms with Crippen molar-refractivity contribution in [2.75, 3.05) is 94.8 Å². The standard InChI is InChI=1S/C64H79F3N10O12/c1-37-30-74(46(33-75(37)61(84)85)32-73-22-25-88-35-38(73)2)34-53(79)77-36-64(7,48-19-14-41(27-51(48)77)26-40-12-15-44(65)16-13-40)60(83)68-29-52(78)69-45-17-18-47-43(28-45)31-76(56(47)58(81)71-55-49(66)10-9-11-50(55)67)59(82)54(42-20-23-87-24-21-42)70-57(80)39(3)72(8)62(86)89-63(4,5)6/h9-19,27-28,37-39,42,46,54,56H,20-26,29-36H2,1-8H3,(H,68,83)(H,69,78)(H,70,80)(H,71,81)(H,84,85)/t37-,38-,39?,46+,54?,56+,64-/m1/s1. The molecule has 5 aliphatic rings. The molecule has 8 amide bonds. The maximum absolute atomic E-state index is 15.1. The molecule has 4 aromatic rings. The molecule has 25 heteroatoms. The van der Waals surface area contributed by atoms with Gasteiger partial charge in [-0.2, -0.15) is 0 Å². The van der Waals surface area contributed by atoms with Crippen molar-refractivity contribution in [1.29, 1.82) is 0 Å². The van der Waals surface area contributed by atoms with Gasteiger partial charge in [0.25, 0.3) is 5.91 Å². The number of anilines is 3. The van der Waals surface area contributed by atoms with E-state index in [9.17, 15) is 43.1 Å². The Morgan fingerprint density at radius 1 is 0.831 bits per heavy atom. The minimum atomic E-state index is -1.51. The van der Waals surface area contributed by atoms with E-state index in [1.54, 1.807) is 57.7 Å². The number of nitrogens with one attached hydrogen (secondary N) is 4. The van der Waals surface area contributed by atoms with E-state index in [1.807, 2.05) is 24.0 Å². The molecule has 7 atom stereocenters. The van der Waals surface area contributed by atoms with E-state index in [4.69, 9.17) is 14.2 Å². The van der Waals surface area contributed by atoms with Crippen molar-refractivity contribution >= 4 is 64.7 Å². The van der Waals surface area contributed by atoms with Gasteiger partial charge >= 0.3 is 12.2 Å². The Balaban J connectivity index is 0.937. The van der Waals surface area contributed by atoms with Gasteiger partial charge in [0.05, 0.1) is 31.7 Å². The predicted molar refractivity (Wildman–Crippen MR) is 322 cm³/mol. The zero-order valence-corrected chi connectivity index (χ0v) is 51.4. The third-order valence-corrected chi connectivity index (χ3v) is 17.5. The summed E-state index contributed by atoms with van der Waals surface area (Å²) in [5.74, 6) is -6.97. The van der Waals surface area contributed by atoms with Crippen LogP contribution in [0, 0.1) is 23.4 Å². The zero-order chi connectivity index (χ0) is 64.2. The number of likely N-dealkylation sites (N-methyl/N-ethyl adjacent to an activating group) is 1. The second-order valence-electron chi connectivity index (χ2n) is 25.1. The first-order valence-electron chi connectivity index (χ1n) is 30.0. The summed E-state index contributed by atoms with van der Waals surface area (Å²) in [5, 5.41) is 20.9. The maximum Gasteiger partial charge on any atom is 0.410 e. The number of benzene rings is 4. The molecule has 89 heavy (non-hydrogen) atoms. The van der Waals surface area contributed by atoms with Crippen molar-refractivity contribution in [3.63, 3.8) is 0 Å². The Bertz CT molecular complexity index is 3330. The monoisotopic (exact) mass is 1240 g/mol. The number of hydrogen-bond acceptors (Lipinski definition) is 13. The second-order valence-corrected chi connectivity index (χ2v) is 25.1. The van der Waals surface area contributed by atoms with Crippen molar-refractivity contribution in [2.24, 2.45) is 5.92 Å². The fourth-order valence-corrected chi connectivity index (χ4v) is 12.4. The molecule has 0 radical (unpaired) electrons. The molecule has 0 bridgehead atoms. The summed E-state index contributed by atoms with van der Waals surface area (Å²) in [5.41, 5.74) is 0.400. The fraction of sp³-hybridized carbons (Fsp3) is 0.500. The van der Waals surface area contributed by atoms with Crippen LogP contribution >= 0.6 is 0 Å². The SMILES string of the molecule is CC(C(=O)NC(C(=O)N1Cc2cc(NC(=O)CNC(=O)[C@]3(C)CN(C(=O)CN4C[C@@H](C)N(C(=O)O)C[C@@H]4CN4CCOC[C@H]4C)c4cc(Cc5ccc(F)cc5)ccc43)ccc2[C@H]1C(=O)Nc1c(F)cccc1F)C1CCOCC1)N(C)C(=O)OC(C)(C)C. The van der Waals surface area contributed by atoms with Gasteiger partial charge < -0.3 is 55.3 Å². The quantitative estimate of drug-likeness (QED) is 0.0812. The molecule has 2 unspecified atom stereocenters. The number of fused-ring (bicyclic) bond motifs is 2. The molecule has 3 saturated heterocycles. The molecule has 0 spiro atoms. The van der Waals surface area contributed by atoms with Crippen LogP contribution in [-0.2, 0) is 61.4 Å². The van der Waals surface area contributed by atoms with Crippen LogP contribution in [0.25, 0.3) is 0 Å². The van der Waals surface area contributed by atoms with Crippen LogP contribution in [0.3, 0.4) is 0 Å². The van der Waals surface area contributed by atoms with E-state index in [1.165, 1.54) is 54.1 Å². The first-order valence-corrected chi connectivity index (χ1v) is 30.0. The molecule has 0 aromatic heterocycles. The highest BCUT2D eigenvalue weighted by Crippen LogP contribution is 2.43. The lowest BCUT2D eigenvalue weighted by molar-refractivity contribution is -0.144. The first kappa shape index (κ1) is 65.3. The highest BCUT2D eigenvalue weighted by atomic mass is 19.1. The van der Waals surface area contributed by atoms with Gasteiger partial charge in [-0.15, -0.1) is 0 Å². The molecule has 5 N–H and O–H groups in total. The molecule has 9 rings (SSSR count). The third kappa shape index (κ3) is 15.0. The molecule has 478 valence electrons. The van der Waals surface area contributed by atoms with Crippen LogP contribution in [0.4, 0.5) is 39.8 Å². The number of carbonyl (C=O) groups excluding carboxylic acids is 7. The van der Waals surface area contributed by atoms with Gasteiger partial charge in [-0.3, -0.25) is 43.5 Å². The number of para-hydroxylation sites is 1. The summed E-state index contributed by atoms with van der Waals surface area (Å²) in [7, 11) is 1.38. The molecule has 5 aliphatic heterocycles. The third-order valence-electron chi connectivity index (χ3n) is 17.5. The molecular weight excluding hydrogens is 1160 g/mol. The lowest BCUT2D eigenvalue weighted by Crippen LogP contribution is -2.64. The van der Waals surface area contributed by atoms with E-state index < -0.39 is 107 Å². The number of hydrogen-bond donors (Lipinski definition) is 5. The fourth-order valence-electron chi connectivity index (χ4n) is 12.4. The summed E-state index contributed by atoms with van der Waals surface area (Å²) in [6.45, 7) is 14.2. The lowest BCUT2D eigenvalue weighted by Gasteiger charge is -2.47. The smallest absolute Gasteiger partial charge is 0.410 e. The van der Waals surface area contributed by atoms with E-state index in [0.29, 0.717) is 62.4 Å². The van der Waals surface area contributed by atoms with Crippen LogP contribution < -0.4 is 26.2 Å². The number of piperazine rings is 1. The summed E-state index contributed by atoms with van der Waals surface area (Å²) in [6.07, 6.45) is -0.770. The van der Waals surface area contributed by atoms with Gasteiger partial charge in [0.1, 0.15) is 46.9 Å². The predicted octanol–water partition coefficient (Wildman–Crippen LogP) is 6.02. The molecule has 0 saturated carbocycles. The van der Waals surface area contributed by atoms with Gasteiger partial charge in [-0.05, 0) is 144 Å². The molecule has 0 aliphatic carbocycles. The van der Waals surface area contributed by atoms with Gasteiger partial charge in [-0.1, -0.05) is 36.4 Å². The van der Waals surface area contributed by atoms with Crippen molar-refractivity contribution in [1.82, 2.24) is 35.1 Å². The number of carbonyl (C=O) groups is 8. The second kappa shape index (κ2) is 27.3. The van der Waals surface area contributed by atoms with E-state index >= 15 is 13.6 Å². The largest absolute Gasteiger partial charge is 0.465 e. The van der Waals surface area contributed by atoms with Crippen LogP contribution in [-0.4, -0.2) is 192 Å². The summed E-state index contributed by atoms with van der Waals surface area (Å²) in [4.78, 5) is 122. The number of morpholine rings is 1. The average Bonchev–Trinajstić information content (AvgIpc) is 1.83. The Morgan fingerprint density at radius 2 is 1.53 bits per heavy atom. The Hall–Kier alpha value is -8.13. The van der Waals surface area contributed by atoms with Gasteiger partial charge in [-0.25, -0.2) is 22.8 Å². The maximum atomic E-state index is 15.1.